The van der Waals surface area contributed by atoms with Crippen molar-refractivity contribution in [3.05, 3.63) is 23.0 Å². The molecule has 0 aliphatic heterocycles. The third-order valence-corrected chi connectivity index (χ3v) is 3.23. The molecule has 1 heterocycles. The zero-order valence-corrected chi connectivity index (χ0v) is 12.8. The van der Waals surface area contributed by atoms with E-state index in [1.807, 2.05) is 13.8 Å². The lowest BCUT2D eigenvalue weighted by Gasteiger charge is -2.17. The van der Waals surface area contributed by atoms with E-state index in [0.29, 0.717) is 23.2 Å². The maximum atomic E-state index is 12.0. The fourth-order valence-corrected chi connectivity index (χ4v) is 2.48. The average molecular weight is 301 g/mol. The number of carbonyl (C=O) groups is 2. The number of amides is 1. The third kappa shape index (κ3) is 5.25. The molecular weight excluding hydrogens is 280 g/mol. The van der Waals surface area contributed by atoms with Gasteiger partial charge in [0.1, 0.15) is 5.69 Å². The molecule has 1 rings (SSSR count). The second-order valence-corrected chi connectivity index (χ2v) is 5.89. The predicted octanol–water partition coefficient (Wildman–Crippen LogP) is 2.55. The fourth-order valence-electron chi connectivity index (χ4n) is 2.23. The van der Waals surface area contributed by atoms with Crippen LogP contribution in [0.5, 0.6) is 0 Å². The monoisotopic (exact) mass is 300 g/mol. The van der Waals surface area contributed by atoms with Crippen LogP contribution < -0.4 is 5.32 Å². The fraction of sp³-hybridized carbons (Fsp3) is 0.571. The molecule has 0 bridgehead atoms. The second-order valence-electron chi connectivity index (χ2n) is 5.46. The number of rotatable bonds is 7. The van der Waals surface area contributed by atoms with Gasteiger partial charge in [-0.05, 0) is 24.3 Å². The van der Waals surface area contributed by atoms with Crippen LogP contribution in [0.15, 0.2) is 12.3 Å². The van der Waals surface area contributed by atoms with Crippen molar-refractivity contribution in [3.63, 3.8) is 0 Å². The van der Waals surface area contributed by atoms with Gasteiger partial charge in [-0.2, -0.15) is 0 Å². The van der Waals surface area contributed by atoms with Gasteiger partial charge < -0.3 is 15.0 Å². The minimum Gasteiger partial charge on any atom is -0.481 e. The van der Waals surface area contributed by atoms with Crippen LogP contribution in [-0.4, -0.2) is 28.1 Å². The molecule has 1 unspecified atom stereocenters. The Morgan fingerprint density at radius 2 is 2.10 bits per heavy atom. The summed E-state index contributed by atoms with van der Waals surface area (Å²) >= 11 is 5.83. The lowest BCUT2D eigenvalue weighted by atomic mass is 9.94. The van der Waals surface area contributed by atoms with Crippen LogP contribution >= 0.6 is 11.6 Å². The van der Waals surface area contributed by atoms with E-state index < -0.39 is 5.97 Å². The van der Waals surface area contributed by atoms with Crippen molar-refractivity contribution in [2.24, 2.45) is 18.9 Å². The molecule has 2 N–H and O–H groups in total. The number of carboxylic acid groups (broad SMARTS) is 1. The van der Waals surface area contributed by atoms with Crippen molar-refractivity contribution in [3.8, 4) is 0 Å². The normalized spacial score (nSPS) is 12.4. The first kappa shape index (κ1) is 16.6. The number of halogens is 1. The Morgan fingerprint density at radius 3 is 2.55 bits per heavy atom. The summed E-state index contributed by atoms with van der Waals surface area (Å²) in [7, 11) is 1.74. The van der Waals surface area contributed by atoms with Crippen LogP contribution in [0.1, 0.15) is 37.2 Å². The molecule has 0 fully saturated rings. The van der Waals surface area contributed by atoms with E-state index in [1.165, 1.54) is 0 Å². The molecule has 0 radical (unpaired) electrons. The Kier molecular flexibility index (Phi) is 6.07. The molecule has 0 aliphatic carbocycles. The lowest BCUT2D eigenvalue weighted by molar-refractivity contribution is -0.138. The van der Waals surface area contributed by atoms with Crippen molar-refractivity contribution < 1.29 is 14.7 Å². The maximum absolute atomic E-state index is 12.0. The number of aliphatic carboxylic acids is 1. The van der Waals surface area contributed by atoms with Gasteiger partial charge in [-0.1, -0.05) is 25.4 Å². The number of aromatic nitrogens is 1. The molecule has 0 aliphatic rings. The van der Waals surface area contributed by atoms with E-state index in [9.17, 15) is 9.59 Å². The largest absolute Gasteiger partial charge is 0.481 e. The first-order chi connectivity index (χ1) is 9.29. The number of aryl methyl sites for hydroxylation is 1. The summed E-state index contributed by atoms with van der Waals surface area (Å²) in [6, 6.07) is 1.59. The highest BCUT2D eigenvalue weighted by Gasteiger charge is 2.17. The molecule has 0 aromatic carbocycles. The van der Waals surface area contributed by atoms with Gasteiger partial charge in [0.25, 0.3) is 5.91 Å². The van der Waals surface area contributed by atoms with Gasteiger partial charge in [0.2, 0.25) is 0 Å². The number of carbonyl (C=O) groups excluding carboxylic acids is 1. The molecular formula is C14H21ClN2O3. The smallest absolute Gasteiger partial charge is 0.303 e. The van der Waals surface area contributed by atoms with Crippen LogP contribution in [0.25, 0.3) is 0 Å². The predicted molar refractivity (Wildman–Crippen MR) is 78.0 cm³/mol. The molecule has 1 aromatic heterocycles. The molecule has 0 saturated heterocycles. The molecule has 0 spiro atoms. The van der Waals surface area contributed by atoms with Gasteiger partial charge in [-0.25, -0.2) is 0 Å². The highest BCUT2D eigenvalue weighted by Crippen LogP contribution is 2.16. The molecule has 20 heavy (non-hydrogen) atoms. The third-order valence-electron chi connectivity index (χ3n) is 3.02. The summed E-state index contributed by atoms with van der Waals surface area (Å²) in [6.45, 7) is 4.42. The Bertz CT molecular complexity index is 483. The summed E-state index contributed by atoms with van der Waals surface area (Å²) in [4.78, 5) is 22.8. The Balaban J connectivity index is 2.60. The molecule has 1 aromatic rings. The van der Waals surface area contributed by atoms with Crippen LogP contribution in [0, 0.1) is 11.8 Å². The van der Waals surface area contributed by atoms with Crippen molar-refractivity contribution in [1.29, 1.82) is 0 Å². The minimum absolute atomic E-state index is 0.0619. The zero-order chi connectivity index (χ0) is 15.3. The molecule has 112 valence electrons. The van der Waals surface area contributed by atoms with Crippen molar-refractivity contribution in [2.45, 2.75) is 26.7 Å². The second kappa shape index (κ2) is 7.33. The molecule has 1 atom stereocenters. The summed E-state index contributed by atoms with van der Waals surface area (Å²) in [5.41, 5.74) is 0.466. The van der Waals surface area contributed by atoms with Gasteiger partial charge in [0.15, 0.2) is 0 Å². The quantitative estimate of drug-likeness (QED) is 0.813. The SMILES string of the molecule is CC(C)CC(CNC(=O)c1cc(Cl)cn1C)CC(=O)O. The van der Waals surface area contributed by atoms with Crippen molar-refractivity contribution >= 4 is 23.5 Å². The number of carboxylic acids is 1. The summed E-state index contributed by atoms with van der Waals surface area (Å²) in [5, 5.41) is 12.2. The van der Waals surface area contributed by atoms with E-state index in [2.05, 4.69) is 5.32 Å². The average Bonchev–Trinajstić information content (AvgIpc) is 2.63. The molecule has 6 heteroatoms. The molecule has 1 amide bonds. The number of hydrogen-bond acceptors (Lipinski definition) is 2. The van der Waals surface area contributed by atoms with E-state index in [4.69, 9.17) is 16.7 Å². The highest BCUT2D eigenvalue weighted by molar-refractivity contribution is 6.31. The summed E-state index contributed by atoms with van der Waals surface area (Å²) < 4.78 is 1.65. The highest BCUT2D eigenvalue weighted by atomic mass is 35.5. The van der Waals surface area contributed by atoms with Crippen LogP contribution in [-0.2, 0) is 11.8 Å². The Hall–Kier alpha value is -1.49. The van der Waals surface area contributed by atoms with Crippen LogP contribution in [0.4, 0.5) is 0 Å². The molecule has 5 nitrogen and oxygen atoms in total. The van der Waals surface area contributed by atoms with E-state index in [0.717, 1.165) is 6.42 Å². The topological polar surface area (TPSA) is 71.3 Å². The molecule has 0 saturated carbocycles. The van der Waals surface area contributed by atoms with Gasteiger partial charge in [-0.15, -0.1) is 0 Å². The van der Waals surface area contributed by atoms with Crippen LogP contribution in [0.3, 0.4) is 0 Å². The number of hydrogen-bond donors (Lipinski definition) is 2. The van der Waals surface area contributed by atoms with Crippen molar-refractivity contribution in [2.75, 3.05) is 6.54 Å². The Morgan fingerprint density at radius 1 is 1.45 bits per heavy atom. The first-order valence-corrected chi connectivity index (χ1v) is 6.99. The zero-order valence-electron chi connectivity index (χ0n) is 12.0. The number of nitrogens with one attached hydrogen (secondary N) is 1. The van der Waals surface area contributed by atoms with E-state index >= 15 is 0 Å². The first-order valence-electron chi connectivity index (χ1n) is 6.61. The minimum atomic E-state index is -0.841. The van der Waals surface area contributed by atoms with E-state index in [-0.39, 0.29) is 18.2 Å². The van der Waals surface area contributed by atoms with Gasteiger partial charge in [0.05, 0.1) is 5.02 Å². The van der Waals surface area contributed by atoms with Gasteiger partial charge in [-0.3, -0.25) is 9.59 Å². The Labute approximate surface area is 123 Å². The summed E-state index contributed by atoms with van der Waals surface area (Å²) in [5.74, 6) is -0.752. The van der Waals surface area contributed by atoms with E-state index in [1.54, 1.807) is 23.9 Å². The van der Waals surface area contributed by atoms with Crippen LogP contribution in [0.2, 0.25) is 5.02 Å². The van der Waals surface area contributed by atoms with Crippen molar-refractivity contribution in [1.82, 2.24) is 9.88 Å². The summed E-state index contributed by atoms with van der Waals surface area (Å²) in [6.07, 6.45) is 2.48. The van der Waals surface area contributed by atoms with Gasteiger partial charge in [0, 0.05) is 26.2 Å². The number of nitrogens with zero attached hydrogens (tertiary/aromatic N) is 1. The van der Waals surface area contributed by atoms with Gasteiger partial charge >= 0.3 is 5.97 Å². The lowest BCUT2D eigenvalue weighted by Crippen LogP contribution is -2.32. The maximum Gasteiger partial charge on any atom is 0.303 e. The standard InChI is InChI=1S/C14H21ClN2O3/c1-9(2)4-10(5-13(18)19)7-16-14(20)12-6-11(15)8-17(12)3/h6,8-10H,4-5,7H2,1-3H3,(H,16,20)(H,18,19).